The molecule has 0 atom stereocenters. The van der Waals surface area contributed by atoms with Crippen molar-refractivity contribution < 1.29 is 8.42 Å². The van der Waals surface area contributed by atoms with Crippen LogP contribution >= 0.6 is 0 Å². The van der Waals surface area contributed by atoms with Crippen LogP contribution in [0.15, 0.2) is 0 Å². The molecule has 1 rings (SSSR count). The number of piperidine rings is 1. The fourth-order valence-corrected chi connectivity index (χ4v) is 2.00. The maximum absolute atomic E-state index is 10.3. The predicted octanol–water partition coefficient (Wildman–Crippen LogP) is -0.589. The van der Waals surface area contributed by atoms with Gasteiger partial charge in [0.2, 0.25) is 0 Å². The summed E-state index contributed by atoms with van der Waals surface area (Å²) in [5.41, 5.74) is 5.75. The molecule has 13 heavy (non-hydrogen) atoms. The third-order valence-corrected chi connectivity index (χ3v) is 3.13. The molecule has 0 aromatic carbocycles. The van der Waals surface area contributed by atoms with Crippen molar-refractivity contribution in [2.45, 2.75) is 25.3 Å². The monoisotopic (exact) mass is 206 g/mol. The first-order chi connectivity index (χ1) is 6.18. The van der Waals surface area contributed by atoms with Crippen LogP contribution in [0.2, 0.25) is 0 Å². The van der Waals surface area contributed by atoms with Crippen LogP contribution in [0.25, 0.3) is 0 Å². The molecule has 0 spiro atoms. The molecule has 0 bridgehead atoms. The molecule has 0 saturated carbocycles. The average molecular weight is 206 g/mol. The van der Waals surface area contributed by atoms with Crippen LogP contribution in [0.5, 0.6) is 0 Å². The van der Waals surface area contributed by atoms with E-state index < -0.39 is 10.7 Å². The largest absolute Gasteiger partial charge is 0.328 e. The van der Waals surface area contributed by atoms with Crippen molar-refractivity contribution in [3.05, 3.63) is 0 Å². The molecule has 1 aliphatic rings. The van der Waals surface area contributed by atoms with Gasteiger partial charge in [-0.2, -0.15) is 0 Å². The normalized spacial score (nSPS) is 21.1. The smallest absolute Gasteiger partial charge is 0.140 e. The first-order valence-electron chi connectivity index (χ1n) is 4.78. The minimum absolute atomic E-state index is 0.317. The second-order valence-corrected chi connectivity index (χ2v) is 4.70. The van der Waals surface area contributed by atoms with Crippen molar-refractivity contribution >= 4 is 10.7 Å². The van der Waals surface area contributed by atoms with Crippen LogP contribution in [0.1, 0.15) is 19.3 Å². The van der Waals surface area contributed by atoms with Crippen molar-refractivity contribution in [1.82, 2.24) is 4.90 Å². The molecule has 4 nitrogen and oxygen atoms in total. The maximum Gasteiger partial charge on any atom is 0.140 e. The van der Waals surface area contributed by atoms with E-state index in [1.807, 2.05) is 0 Å². The van der Waals surface area contributed by atoms with Gasteiger partial charge in [-0.05, 0) is 38.9 Å². The second-order valence-electron chi connectivity index (χ2n) is 3.59. The third-order valence-electron chi connectivity index (χ3n) is 2.45. The Balaban J connectivity index is 2.09. The lowest BCUT2D eigenvalue weighted by Gasteiger charge is -2.29. The number of thiol groups is 1. The van der Waals surface area contributed by atoms with E-state index >= 15 is 0 Å². The number of nitrogens with two attached hydrogens (primary N) is 1. The maximum atomic E-state index is 10.3. The van der Waals surface area contributed by atoms with Gasteiger partial charge in [0.25, 0.3) is 0 Å². The fourth-order valence-electron chi connectivity index (χ4n) is 1.60. The molecule has 0 aromatic heterocycles. The SMILES string of the molecule is NC1CCN(CCC[SH](=O)=O)CC1. The summed E-state index contributed by atoms with van der Waals surface area (Å²) in [5.74, 6) is 0.317. The molecule has 2 N–H and O–H groups in total. The minimum atomic E-state index is -2.19. The van der Waals surface area contributed by atoms with E-state index in [1.54, 1.807) is 0 Å². The van der Waals surface area contributed by atoms with Gasteiger partial charge in [-0.1, -0.05) is 0 Å². The number of nitrogens with zero attached hydrogens (tertiary/aromatic N) is 1. The topological polar surface area (TPSA) is 63.4 Å². The van der Waals surface area contributed by atoms with E-state index in [0.717, 1.165) is 38.9 Å². The zero-order valence-electron chi connectivity index (χ0n) is 7.82. The Bertz CT molecular complexity index is 202. The Morgan fingerprint density at radius 1 is 1.31 bits per heavy atom. The zero-order valence-corrected chi connectivity index (χ0v) is 8.71. The van der Waals surface area contributed by atoms with E-state index in [2.05, 4.69) is 4.90 Å². The molecular formula is C8H18N2O2S. The summed E-state index contributed by atoms with van der Waals surface area (Å²) in [6, 6.07) is 0.354. The molecule has 1 heterocycles. The van der Waals surface area contributed by atoms with E-state index in [9.17, 15) is 8.42 Å². The van der Waals surface area contributed by atoms with Crippen molar-refractivity contribution in [2.75, 3.05) is 25.4 Å². The van der Waals surface area contributed by atoms with Crippen molar-refractivity contribution in [2.24, 2.45) is 5.73 Å². The number of rotatable bonds is 4. The van der Waals surface area contributed by atoms with Crippen LogP contribution in [0.3, 0.4) is 0 Å². The van der Waals surface area contributed by atoms with Crippen molar-refractivity contribution in [3.8, 4) is 0 Å². The molecule has 0 aliphatic carbocycles. The Labute approximate surface area is 81.0 Å². The summed E-state index contributed by atoms with van der Waals surface area (Å²) in [6.07, 6.45) is 2.85. The molecule has 78 valence electrons. The van der Waals surface area contributed by atoms with E-state index in [0.29, 0.717) is 11.8 Å². The van der Waals surface area contributed by atoms with Crippen LogP contribution in [-0.2, 0) is 10.7 Å². The summed E-state index contributed by atoms with van der Waals surface area (Å²) in [7, 11) is -2.19. The first-order valence-corrected chi connectivity index (χ1v) is 6.14. The molecule has 1 aliphatic heterocycles. The highest BCUT2D eigenvalue weighted by Gasteiger charge is 2.14. The van der Waals surface area contributed by atoms with Gasteiger partial charge in [-0.25, -0.2) is 8.42 Å². The Hall–Kier alpha value is -0.130. The first kappa shape index (κ1) is 10.9. The minimum Gasteiger partial charge on any atom is -0.328 e. The summed E-state index contributed by atoms with van der Waals surface area (Å²) < 4.78 is 20.6. The molecule has 1 fully saturated rings. The van der Waals surface area contributed by atoms with Gasteiger partial charge in [0.05, 0.1) is 0 Å². The Kier molecular flexibility index (Phi) is 4.69. The van der Waals surface area contributed by atoms with E-state index in [-0.39, 0.29) is 0 Å². The van der Waals surface area contributed by atoms with Gasteiger partial charge < -0.3 is 10.6 Å². The predicted molar refractivity (Wildman–Crippen MR) is 53.4 cm³/mol. The standard InChI is InChI=1S/C8H18N2O2S/c9-8-2-5-10(6-3-8)4-1-7-13(11)12/h8,13H,1-7,9H2. The highest BCUT2D eigenvalue weighted by Crippen LogP contribution is 2.07. The molecule has 0 radical (unpaired) electrons. The second kappa shape index (κ2) is 5.57. The van der Waals surface area contributed by atoms with E-state index in [4.69, 9.17) is 5.73 Å². The molecule has 5 heteroatoms. The lowest BCUT2D eigenvalue weighted by molar-refractivity contribution is 0.214. The van der Waals surface area contributed by atoms with Gasteiger partial charge >= 0.3 is 0 Å². The highest BCUT2D eigenvalue weighted by atomic mass is 32.2. The van der Waals surface area contributed by atoms with Crippen LogP contribution in [0, 0.1) is 0 Å². The van der Waals surface area contributed by atoms with Crippen LogP contribution in [0.4, 0.5) is 0 Å². The average Bonchev–Trinajstić information content (AvgIpc) is 2.08. The molecule has 0 amide bonds. The summed E-state index contributed by atoms with van der Waals surface area (Å²) >= 11 is 0. The fraction of sp³-hybridized carbons (Fsp3) is 1.00. The third kappa shape index (κ3) is 4.59. The van der Waals surface area contributed by atoms with Gasteiger partial charge in [0.15, 0.2) is 0 Å². The van der Waals surface area contributed by atoms with Gasteiger partial charge in [0, 0.05) is 11.8 Å². The molecule has 0 aromatic rings. The zero-order chi connectivity index (χ0) is 9.68. The summed E-state index contributed by atoms with van der Waals surface area (Å²) in [6.45, 7) is 2.95. The Morgan fingerprint density at radius 2 is 1.92 bits per heavy atom. The Morgan fingerprint density at radius 3 is 2.46 bits per heavy atom. The van der Waals surface area contributed by atoms with Gasteiger partial charge in [-0.3, -0.25) is 0 Å². The van der Waals surface area contributed by atoms with E-state index in [1.165, 1.54) is 0 Å². The van der Waals surface area contributed by atoms with Crippen LogP contribution in [-0.4, -0.2) is 44.7 Å². The lowest BCUT2D eigenvalue weighted by atomic mass is 10.1. The molecule has 0 unspecified atom stereocenters. The molecular weight excluding hydrogens is 188 g/mol. The van der Waals surface area contributed by atoms with Crippen LogP contribution < -0.4 is 5.73 Å². The number of hydrogen-bond acceptors (Lipinski definition) is 4. The number of likely N-dealkylation sites (tertiary alicyclic amines) is 1. The quantitative estimate of drug-likeness (QED) is 0.604. The lowest BCUT2D eigenvalue weighted by Crippen LogP contribution is -2.40. The molecule has 1 saturated heterocycles. The van der Waals surface area contributed by atoms with Gasteiger partial charge in [-0.15, -0.1) is 0 Å². The number of hydrogen-bond donors (Lipinski definition) is 2. The summed E-state index contributed by atoms with van der Waals surface area (Å²) in [4.78, 5) is 2.29. The highest BCUT2D eigenvalue weighted by molar-refractivity contribution is 7.72. The van der Waals surface area contributed by atoms with Crippen molar-refractivity contribution in [3.63, 3.8) is 0 Å². The van der Waals surface area contributed by atoms with Gasteiger partial charge in [0.1, 0.15) is 10.7 Å². The summed E-state index contributed by atoms with van der Waals surface area (Å²) in [5, 5.41) is 0. The van der Waals surface area contributed by atoms with Crippen molar-refractivity contribution in [1.29, 1.82) is 0 Å².